The van der Waals surface area contributed by atoms with Crippen LogP contribution < -0.4 is 5.32 Å². The summed E-state index contributed by atoms with van der Waals surface area (Å²) in [6, 6.07) is 13.0. The van der Waals surface area contributed by atoms with Gasteiger partial charge in [0, 0.05) is 39.3 Å². The number of aromatic nitrogens is 1. The molecule has 27 heavy (non-hydrogen) atoms. The highest BCUT2D eigenvalue weighted by molar-refractivity contribution is 6.36. The second kappa shape index (κ2) is 8.93. The Balaban J connectivity index is 1.42. The number of rotatable bonds is 7. The van der Waals surface area contributed by atoms with Crippen LogP contribution in [0.3, 0.4) is 0 Å². The van der Waals surface area contributed by atoms with Crippen molar-refractivity contribution in [2.45, 2.75) is 12.8 Å². The van der Waals surface area contributed by atoms with E-state index in [1.54, 1.807) is 18.2 Å². The molecule has 2 aromatic carbocycles. The lowest BCUT2D eigenvalue weighted by molar-refractivity contribution is -0.147. The monoisotopic (exact) mass is 404 g/mol. The van der Waals surface area contributed by atoms with Crippen molar-refractivity contribution in [3.05, 3.63) is 69.8 Å². The number of carbonyl (C=O) groups is 2. The van der Waals surface area contributed by atoms with Crippen LogP contribution in [0.4, 0.5) is 0 Å². The summed E-state index contributed by atoms with van der Waals surface area (Å²) in [5, 5.41) is 4.66. The van der Waals surface area contributed by atoms with E-state index in [0.29, 0.717) is 28.6 Å². The number of hydrogen-bond donors (Lipinski definition) is 2. The first kappa shape index (κ1) is 19.3. The van der Waals surface area contributed by atoms with E-state index in [1.807, 2.05) is 30.5 Å². The number of para-hydroxylation sites is 1. The molecule has 1 heterocycles. The normalized spacial score (nSPS) is 10.7. The molecule has 0 saturated heterocycles. The zero-order chi connectivity index (χ0) is 19.2. The molecule has 0 atom stereocenters. The predicted molar refractivity (Wildman–Crippen MR) is 106 cm³/mol. The molecule has 0 bridgehead atoms. The van der Waals surface area contributed by atoms with Gasteiger partial charge in [-0.2, -0.15) is 0 Å². The summed E-state index contributed by atoms with van der Waals surface area (Å²) in [6.07, 6.45) is 2.53. The number of H-pyrrole nitrogens is 1. The van der Waals surface area contributed by atoms with Crippen molar-refractivity contribution in [1.29, 1.82) is 0 Å². The summed E-state index contributed by atoms with van der Waals surface area (Å²) in [4.78, 5) is 27.0. The molecule has 5 nitrogen and oxygen atoms in total. The number of nitrogens with one attached hydrogen (secondary N) is 2. The van der Waals surface area contributed by atoms with Crippen molar-refractivity contribution in [2.24, 2.45) is 0 Å². The Kier molecular flexibility index (Phi) is 6.37. The summed E-state index contributed by atoms with van der Waals surface area (Å²) in [6.45, 7) is 0.114. The number of benzene rings is 2. The second-order valence-corrected chi connectivity index (χ2v) is 6.81. The van der Waals surface area contributed by atoms with Crippen LogP contribution in [0.15, 0.2) is 48.7 Å². The van der Waals surface area contributed by atoms with E-state index >= 15 is 0 Å². The maximum atomic E-state index is 11.9. The van der Waals surface area contributed by atoms with E-state index in [1.165, 1.54) is 0 Å². The Morgan fingerprint density at radius 3 is 2.56 bits per heavy atom. The van der Waals surface area contributed by atoms with E-state index in [-0.39, 0.29) is 18.9 Å². The Hall–Kier alpha value is -2.50. The topological polar surface area (TPSA) is 71.2 Å². The Bertz CT molecular complexity index is 949. The molecule has 0 unspecified atom stereocenters. The van der Waals surface area contributed by atoms with E-state index in [2.05, 4.69) is 10.3 Å². The molecule has 0 radical (unpaired) electrons. The number of ether oxygens (including phenoxy) is 1. The lowest BCUT2D eigenvalue weighted by Gasteiger charge is -2.08. The average Bonchev–Trinajstić information content (AvgIpc) is 3.06. The summed E-state index contributed by atoms with van der Waals surface area (Å²) in [5.41, 5.74) is 2.67. The quantitative estimate of drug-likeness (QED) is 0.586. The van der Waals surface area contributed by atoms with E-state index in [4.69, 9.17) is 27.9 Å². The van der Waals surface area contributed by atoms with Gasteiger partial charge in [-0.3, -0.25) is 9.59 Å². The van der Waals surface area contributed by atoms with Gasteiger partial charge in [-0.15, -0.1) is 0 Å². The van der Waals surface area contributed by atoms with Gasteiger partial charge in [0.05, 0.1) is 6.42 Å². The van der Waals surface area contributed by atoms with Crippen LogP contribution in [0.5, 0.6) is 0 Å². The van der Waals surface area contributed by atoms with Gasteiger partial charge in [0.25, 0.3) is 5.91 Å². The lowest BCUT2D eigenvalue weighted by Crippen LogP contribution is -2.30. The van der Waals surface area contributed by atoms with Crippen molar-refractivity contribution < 1.29 is 14.3 Å². The first-order valence-corrected chi connectivity index (χ1v) is 9.20. The Morgan fingerprint density at radius 2 is 1.78 bits per heavy atom. The van der Waals surface area contributed by atoms with Gasteiger partial charge in [0.1, 0.15) is 0 Å². The van der Waals surface area contributed by atoms with Gasteiger partial charge < -0.3 is 15.0 Å². The Morgan fingerprint density at radius 1 is 1.04 bits per heavy atom. The minimum atomic E-state index is -0.559. The van der Waals surface area contributed by atoms with Crippen molar-refractivity contribution >= 4 is 46.0 Å². The highest BCUT2D eigenvalue weighted by Gasteiger charge is 2.13. The highest BCUT2D eigenvalue weighted by atomic mass is 35.5. The van der Waals surface area contributed by atoms with Gasteiger partial charge in [-0.1, -0.05) is 47.5 Å². The molecule has 1 amide bonds. The number of amides is 1. The van der Waals surface area contributed by atoms with Crippen LogP contribution in [-0.4, -0.2) is 30.0 Å². The number of esters is 1. The van der Waals surface area contributed by atoms with Gasteiger partial charge in [0.2, 0.25) is 0 Å². The minimum Gasteiger partial charge on any atom is -0.455 e. The molecule has 0 spiro atoms. The summed E-state index contributed by atoms with van der Waals surface area (Å²) >= 11 is 12.0. The van der Waals surface area contributed by atoms with Gasteiger partial charge in [0.15, 0.2) is 6.61 Å². The molecule has 7 heteroatoms. The van der Waals surface area contributed by atoms with E-state index in [0.717, 1.165) is 16.5 Å². The van der Waals surface area contributed by atoms with Crippen molar-refractivity contribution in [2.75, 3.05) is 13.2 Å². The fraction of sp³-hybridized carbons (Fsp3) is 0.200. The van der Waals surface area contributed by atoms with Crippen LogP contribution in [0.1, 0.15) is 11.1 Å². The first-order valence-electron chi connectivity index (χ1n) is 8.45. The second-order valence-electron chi connectivity index (χ2n) is 6.00. The SMILES string of the molecule is O=C(COC(=O)Cc1c(Cl)cccc1Cl)NCCc1c[nH]c2ccccc12. The molecule has 140 valence electrons. The smallest absolute Gasteiger partial charge is 0.310 e. The maximum Gasteiger partial charge on any atom is 0.310 e. The number of carbonyl (C=O) groups excluding carboxylic acids is 2. The average molecular weight is 405 g/mol. The van der Waals surface area contributed by atoms with Gasteiger partial charge in [-0.05, 0) is 30.2 Å². The largest absolute Gasteiger partial charge is 0.455 e. The fourth-order valence-electron chi connectivity index (χ4n) is 2.77. The molecule has 1 aromatic heterocycles. The van der Waals surface area contributed by atoms with Crippen molar-refractivity contribution in [3.8, 4) is 0 Å². The molecule has 0 aliphatic heterocycles. The third kappa shape index (κ3) is 5.02. The summed E-state index contributed by atoms with van der Waals surface area (Å²) < 4.78 is 5.00. The molecule has 0 aliphatic rings. The van der Waals surface area contributed by atoms with E-state index in [9.17, 15) is 9.59 Å². The van der Waals surface area contributed by atoms with Crippen molar-refractivity contribution in [3.63, 3.8) is 0 Å². The standard InChI is InChI=1S/C20H18Cl2N2O3/c21-16-5-3-6-17(22)15(16)10-20(26)27-12-19(25)23-9-8-13-11-24-18-7-2-1-4-14(13)18/h1-7,11,24H,8-10,12H2,(H,23,25). The summed E-state index contributed by atoms with van der Waals surface area (Å²) in [5.74, 6) is -0.912. The maximum absolute atomic E-state index is 11.9. The molecule has 0 saturated carbocycles. The minimum absolute atomic E-state index is 0.0822. The van der Waals surface area contributed by atoms with Crippen LogP contribution in [0, 0.1) is 0 Å². The van der Waals surface area contributed by atoms with Gasteiger partial charge in [-0.25, -0.2) is 0 Å². The van der Waals surface area contributed by atoms with Crippen molar-refractivity contribution in [1.82, 2.24) is 10.3 Å². The first-order chi connectivity index (χ1) is 13.0. The third-order valence-electron chi connectivity index (χ3n) is 4.14. The molecule has 0 aliphatic carbocycles. The zero-order valence-electron chi connectivity index (χ0n) is 14.4. The molecular formula is C20H18Cl2N2O3. The Labute approximate surface area is 166 Å². The number of hydrogen-bond acceptors (Lipinski definition) is 3. The number of halogens is 2. The van der Waals surface area contributed by atoms with Crippen LogP contribution >= 0.6 is 23.2 Å². The molecule has 3 rings (SSSR count). The van der Waals surface area contributed by atoms with Gasteiger partial charge >= 0.3 is 5.97 Å². The number of aromatic amines is 1. The fourth-order valence-corrected chi connectivity index (χ4v) is 3.30. The molecular weight excluding hydrogens is 387 g/mol. The molecule has 0 fully saturated rings. The predicted octanol–water partition coefficient (Wildman–Crippen LogP) is 3.92. The lowest BCUT2D eigenvalue weighted by atomic mass is 10.1. The molecule has 3 aromatic rings. The molecule has 2 N–H and O–H groups in total. The number of fused-ring (bicyclic) bond motifs is 1. The third-order valence-corrected chi connectivity index (χ3v) is 4.85. The van der Waals surface area contributed by atoms with Crippen LogP contribution in [-0.2, 0) is 27.2 Å². The highest BCUT2D eigenvalue weighted by Crippen LogP contribution is 2.24. The van der Waals surface area contributed by atoms with Crippen LogP contribution in [0.2, 0.25) is 10.0 Å². The zero-order valence-corrected chi connectivity index (χ0v) is 15.9. The summed E-state index contributed by atoms with van der Waals surface area (Å²) in [7, 11) is 0. The van der Waals surface area contributed by atoms with Crippen LogP contribution in [0.25, 0.3) is 10.9 Å². The van der Waals surface area contributed by atoms with E-state index < -0.39 is 5.97 Å².